The summed E-state index contributed by atoms with van der Waals surface area (Å²) in [6.45, 7) is 6.50. The van der Waals surface area contributed by atoms with Crippen LogP contribution in [0.25, 0.3) is 55.7 Å². The van der Waals surface area contributed by atoms with Crippen molar-refractivity contribution >= 4 is 44.1 Å². The second-order valence-corrected chi connectivity index (χ2v) is 10.5. The van der Waals surface area contributed by atoms with E-state index < -0.39 is 0 Å². The molecule has 0 bridgehead atoms. The molecule has 0 aliphatic carbocycles. The summed E-state index contributed by atoms with van der Waals surface area (Å²) in [5.74, 6) is 2.04. The number of halogens is 1. The van der Waals surface area contributed by atoms with Gasteiger partial charge in [0.15, 0.2) is 17.5 Å². The van der Waals surface area contributed by atoms with Crippen molar-refractivity contribution in [2.24, 2.45) is 0 Å². The zero-order chi connectivity index (χ0) is 24.8. The SMILES string of the molecule is Cc1ccc(-c2nc(-c3ccc(I)cc3)nc(-c3ccc4c(c3)c(C)c(C)c3ccccc34)n2)cc1. The molecule has 0 unspecified atom stereocenters. The lowest BCUT2D eigenvalue weighted by Crippen LogP contribution is -2.00. The first-order chi connectivity index (χ1) is 17.5. The number of fused-ring (bicyclic) bond motifs is 3. The summed E-state index contributed by atoms with van der Waals surface area (Å²) < 4.78 is 1.18. The maximum Gasteiger partial charge on any atom is 0.164 e. The van der Waals surface area contributed by atoms with E-state index in [-0.39, 0.29) is 0 Å². The minimum Gasteiger partial charge on any atom is -0.208 e. The Kier molecular flexibility index (Phi) is 5.76. The standard InChI is InChI=1S/C32H24IN3/c1-19-8-10-22(11-9-19)30-34-31(23-12-15-25(33)16-13-23)36-32(35-30)24-14-17-28-27-7-5-4-6-26(27)20(2)21(3)29(28)18-24/h4-18H,1-3H3. The topological polar surface area (TPSA) is 38.7 Å². The zero-order valence-corrected chi connectivity index (χ0v) is 22.5. The van der Waals surface area contributed by atoms with Crippen molar-refractivity contribution in [3.05, 3.63) is 111 Å². The van der Waals surface area contributed by atoms with Crippen molar-refractivity contribution in [1.82, 2.24) is 15.0 Å². The molecule has 36 heavy (non-hydrogen) atoms. The Morgan fingerprint density at radius 3 is 1.58 bits per heavy atom. The van der Waals surface area contributed by atoms with Crippen LogP contribution in [-0.2, 0) is 0 Å². The van der Waals surface area contributed by atoms with Gasteiger partial charge in [-0.2, -0.15) is 0 Å². The highest BCUT2D eigenvalue weighted by Crippen LogP contribution is 2.35. The predicted molar refractivity (Wildman–Crippen MR) is 158 cm³/mol. The molecule has 174 valence electrons. The molecule has 4 heteroatoms. The first-order valence-electron chi connectivity index (χ1n) is 12.0. The highest BCUT2D eigenvalue weighted by atomic mass is 127. The van der Waals surface area contributed by atoms with Gasteiger partial charge in [0.2, 0.25) is 0 Å². The summed E-state index contributed by atoms with van der Waals surface area (Å²) in [4.78, 5) is 14.8. The first kappa shape index (κ1) is 22.8. The lowest BCUT2D eigenvalue weighted by Gasteiger charge is -2.14. The molecule has 5 aromatic carbocycles. The fourth-order valence-corrected chi connectivity index (χ4v) is 5.10. The van der Waals surface area contributed by atoms with Gasteiger partial charge in [0.05, 0.1) is 0 Å². The predicted octanol–water partition coefficient (Wildman–Crippen LogP) is 8.71. The molecular weight excluding hydrogens is 553 g/mol. The number of nitrogens with zero attached hydrogens (tertiary/aromatic N) is 3. The van der Waals surface area contributed by atoms with Crippen LogP contribution in [-0.4, -0.2) is 15.0 Å². The van der Waals surface area contributed by atoms with Gasteiger partial charge in [-0.1, -0.05) is 78.4 Å². The second-order valence-electron chi connectivity index (χ2n) is 9.24. The highest BCUT2D eigenvalue weighted by molar-refractivity contribution is 14.1. The van der Waals surface area contributed by atoms with Gasteiger partial charge in [0, 0.05) is 20.3 Å². The van der Waals surface area contributed by atoms with Crippen molar-refractivity contribution in [3.63, 3.8) is 0 Å². The fraction of sp³-hybridized carbons (Fsp3) is 0.0938. The van der Waals surface area contributed by atoms with Crippen molar-refractivity contribution in [1.29, 1.82) is 0 Å². The van der Waals surface area contributed by atoms with Crippen LogP contribution in [0.15, 0.2) is 91.0 Å². The molecule has 1 heterocycles. The number of aryl methyl sites for hydroxylation is 3. The molecule has 0 radical (unpaired) electrons. The molecule has 0 aliphatic heterocycles. The number of hydrogen-bond donors (Lipinski definition) is 0. The van der Waals surface area contributed by atoms with Crippen molar-refractivity contribution in [2.75, 3.05) is 0 Å². The average molecular weight is 577 g/mol. The van der Waals surface area contributed by atoms with Crippen LogP contribution in [0, 0.1) is 24.3 Å². The molecule has 3 nitrogen and oxygen atoms in total. The van der Waals surface area contributed by atoms with Crippen LogP contribution in [0.4, 0.5) is 0 Å². The van der Waals surface area contributed by atoms with Gasteiger partial charge < -0.3 is 0 Å². The van der Waals surface area contributed by atoms with Crippen LogP contribution in [0.5, 0.6) is 0 Å². The van der Waals surface area contributed by atoms with Crippen LogP contribution < -0.4 is 0 Å². The van der Waals surface area contributed by atoms with Crippen LogP contribution in [0.3, 0.4) is 0 Å². The summed E-state index contributed by atoms with van der Waals surface area (Å²) in [5, 5.41) is 5.07. The number of rotatable bonds is 3. The van der Waals surface area contributed by atoms with Crippen LogP contribution in [0.1, 0.15) is 16.7 Å². The monoisotopic (exact) mass is 577 g/mol. The summed E-state index contributed by atoms with van der Waals surface area (Å²) in [6.07, 6.45) is 0. The summed E-state index contributed by atoms with van der Waals surface area (Å²) in [7, 11) is 0. The molecule has 1 aromatic heterocycles. The van der Waals surface area contributed by atoms with Crippen molar-refractivity contribution < 1.29 is 0 Å². The van der Waals surface area contributed by atoms with Gasteiger partial charge in [-0.25, -0.2) is 15.0 Å². The Balaban J connectivity index is 1.58. The maximum absolute atomic E-state index is 4.94. The molecule has 0 atom stereocenters. The molecule has 0 N–H and O–H groups in total. The van der Waals surface area contributed by atoms with Gasteiger partial charge in [-0.3, -0.25) is 0 Å². The third-order valence-corrected chi connectivity index (χ3v) is 7.63. The van der Waals surface area contributed by atoms with Gasteiger partial charge in [0.25, 0.3) is 0 Å². The number of benzene rings is 5. The molecular formula is C32H24IN3. The lowest BCUT2D eigenvalue weighted by molar-refractivity contribution is 1.07. The van der Waals surface area contributed by atoms with E-state index in [0.717, 1.165) is 16.7 Å². The molecule has 6 rings (SSSR count). The summed E-state index contributed by atoms with van der Waals surface area (Å²) in [5.41, 5.74) is 6.75. The normalized spacial score (nSPS) is 11.3. The third kappa shape index (κ3) is 4.05. The molecule has 0 amide bonds. The van der Waals surface area contributed by atoms with Crippen molar-refractivity contribution in [3.8, 4) is 34.2 Å². The Morgan fingerprint density at radius 2 is 0.944 bits per heavy atom. The van der Waals surface area contributed by atoms with Crippen LogP contribution >= 0.6 is 22.6 Å². The largest absolute Gasteiger partial charge is 0.208 e. The fourth-order valence-electron chi connectivity index (χ4n) is 4.74. The number of aromatic nitrogens is 3. The maximum atomic E-state index is 4.94. The Morgan fingerprint density at radius 1 is 0.472 bits per heavy atom. The molecule has 0 saturated heterocycles. The molecule has 0 aliphatic rings. The van der Waals surface area contributed by atoms with Crippen molar-refractivity contribution in [2.45, 2.75) is 20.8 Å². The van der Waals surface area contributed by atoms with Gasteiger partial charge >= 0.3 is 0 Å². The minimum absolute atomic E-state index is 0.679. The van der Waals surface area contributed by atoms with E-state index >= 15 is 0 Å². The lowest BCUT2D eigenvalue weighted by atomic mass is 9.92. The number of hydrogen-bond acceptors (Lipinski definition) is 3. The van der Waals surface area contributed by atoms with E-state index in [4.69, 9.17) is 15.0 Å². The van der Waals surface area contributed by atoms with E-state index in [2.05, 4.69) is 134 Å². The Labute approximate surface area is 224 Å². The average Bonchev–Trinajstić information content (AvgIpc) is 2.92. The second kappa shape index (κ2) is 9.10. The van der Waals surface area contributed by atoms with Crippen LogP contribution in [0.2, 0.25) is 0 Å². The minimum atomic E-state index is 0.679. The van der Waals surface area contributed by atoms with Gasteiger partial charge in [-0.15, -0.1) is 0 Å². The Bertz CT molecular complexity index is 1690. The van der Waals surface area contributed by atoms with E-state index in [1.165, 1.54) is 41.8 Å². The van der Waals surface area contributed by atoms with E-state index in [1.807, 2.05) is 0 Å². The molecule has 0 fully saturated rings. The van der Waals surface area contributed by atoms with Gasteiger partial charge in [-0.05, 0) is 94.2 Å². The third-order valence-electron chi connectivity index (χ3n) is 6.91. The molecule has 6 aromatic rings. The molecule has 0 saturated carbocycles. The smallest absolute Gasteiger partial charge is 0.164 e. The molecule has 0 spiro atoms. The quantitative estimate of drug-likeness (QED) is 0.156. The van der Waals surface area contributed by atoms with E-state index in [9.17, 15) is 0 Å². The summed E-state index contributed by atoms with van der Waals surface area (Å²) in [6, 6.07) is 31.8. The van der Waals surface area contributed by atoms with E-state index in [1.54, 1.807) is 0 Å². The van der Waals surface area contributed by atoms with Gasteiger partial charge in [0.1, 0.15) is 0 Å². The summed E-state index contributed by atoms with van der Waals surface area (Å²) >= 11 is 2.32. The highest BCUT2D eigenvalue weighted by Gasteiger charge is 2.15. The van der Waals surface area contributed by atoms with E-state index in [0.29, 0.717) is 17.5 Å². The Hall–Kier alpha value is -3.64. The zero-order valence-electron chi connectivity index (χ0n) is 20.4. The first-order valence-corrected chi connectivity index (χ1v) is 13.1.